The van der Waals surface area contributed by atoms with Crippen molar-refractivity contribution >= 4 is 17.3 Å². The normalized spacial score (nSPS) is 15.5. The van der Waals surface area contributed by atoms with Gasteiger partial charge in [0.05, 0.1) is 5.57 Å². The summed E-state index contributed by atoms with van der Waals surface area (Å²) in [5.74, 6) is -1.34. The number of allylic oxidation sites excluding steroid dienone is 2. The summed E-state index contributed by atoms with van der Waals surface area (Å²) in [7, 11) is 0. The summed E-state index contributed by atoms with van der Waals surface area (Å²) in [4.78, 5) is 24.4. The number of aryl methyl sites for hydroxylation is 1. The summed E-state index contributed by atoms with van der Waals surface area (Å²) in [6.45, 7) is 8.99. The van der Waals surface area contributed by atoms with E-state index in [0.717, 1.165) is 5.56 Å². The van der Waals surface area contributed by atoms with Gasteiger partial charge < -0.3 is 5.11 Å². The third-order valence-electron chi connectivity index (χ3n) is 3.50. The van der Waals surface area contributed by atoms with E-state index in [2.05, 4.69) is 6.58 Å². The molecule has 0 saturated heterocycles. The Hall–Kier alpha value is -2.16. The topological polar surface area (TPSA) is 54.4 Å². The fourth-order valence-electron chi connectivity index (χ4n) is 2.23. The highest BCUT2D eigenvalue weighted by molar-refractivity contribution is 6.52. The number of aliphatic hydroxyl groups excluding tert-OH is 1. The Balaban J connectivity index is 2.79. The molecule has 0 fully saturated rings. The first-order valence-electron chi connectivity index (χ1n) is 6.07. The number of Topliss-reactive ketones (excluding diaryl/α,β-unsaturated/α-hetero) is 2. The first kappa shape index (κ1) is 13.3. The Morgan fingerprint density at radius 1 is 1.16 bits per heavy atom. The van der Waals surface area contributed by atoms with Crippen molar-refractivity contribution in [3.05, 3.63) is 53.1 Å². The summed E-state index contributed by atoms with van der Waals surface area (Å²) in [6.07, 6.45) is 1.56. The summed E-state index contributed by atoms with van der Waals surface area (Å²) in [5, 5.41) is 10.3. The Morgan fingerprint density at radius 2 is 1.79 bits per heavy atom. The standard InChI is InChI=1S/C16H16O3/c1-5-16(3,4)12-13(17)10-7-6-9(2)8-11(10)14(18)15(12)19/h5-8,17H,1H2,2-4H3. The van der Waals surface area contributed by atoms with E-state index in [9.17, 15) is 14.7 Å². The van der Waals surface area contributed by atoms with E-state index in [4.69, 9.17) is 0 Å². The maximum Gasteiger partial charge on any atom is 0.234 e. The van der Waals surface area contributed by atoms with Gasteiger partial charge in [0.1, 0.15) is 5.76 Å². The smallest absolute Gasteiger partial charge is 0.234 e. The molecule has 0 unspecified atom stereocenters. The Bertz CT molecular complexity index is 633. The van der Waals surface area contributed by atoms with E-state index in [0.29, 0.717) is 5.56 Å². The highest BCUT2D eigenvalue weighted by Gasteiger charge is 2.39. The molecule has 1 aromatic carbocycles. The van der Waals surface area contributed by atoms with E-state index in [1.807, 2.05) is 6.92 Å². The number of ketones is 2. The maximum absolute atomic E-state index is 12.2. The lowest BCUT2D eigenvalue weighted by molar-refractivity contribution is -0.112. The summed E-state index contributed by atoms with van der Waals surface area (Å²) >= 11 is 0. The van der Waals surface area contributed by atoms with Gasteiger partial charge in [0, 0.05) is 16.5 Å². The van der Waals surface area contributed by atoms with Crippen LogP contribution in [-0.2, 0) is 4.79 Å². The summed E-state index contributed by atoms with van der Waals surface area (Å²) in [5.41, 5.74) is 0.925. The van der Waals surface area contributed by atoms with Crippen LogP contribution in [0.15, 0.2) is 36.4 Å². The van der Waals surface area contributed by atoms with Crippen LogP contribution in [0.3, 0.4) is 0 Å². The zero-order valence-electron chi connectivity index (χ0n) is 11.3. The van der Waals surface area contributed by atoms with Crippen molar-refractivity contribution in [2.75, 3.05) is 0 Å². The minimum Gasteiger partial charge on any atom is -0.507 e. The molecule has 3 heteroatoms. The lowest BCUT2D eigenvalue weighted by Gasteiger charge is -2.27. The largest absolute Gasteiger partial charge is 0.507 e. The first-order valence-corrected chi connectivity index (χ1v) is 6.07. The first-order chi connectivity index (χ1) is 8.79. The highest BCUT2D eigenvalue weighted by Crippen LogP contribution is 2.38. The molecule has 1 N–H and O–H groups in total. The molecule has 0 amide bonds. The quantitative estimate of drug-likeness (QED) is 0.652. The second-order valence-corrected chi connectivity index (χ2v) is 5.36. The Labute approximate surface area is 112 Å². The molecule has 1 aliphatic carbocycles. The van der Waals surface area contributed by atoms with Gasteiger partial charge in [-0.05, 0) is 13.0 Å². The highest BCUT2D eigenvalue weighted by atomic mass is 16.3. The molecule has 0 atom stereocenters. The SMILES string of the molecule is C=CC(C)(C)C1=C(O)c2ccc(C)cc2C(=O)C1=O. The van der Waals surface area contributed by atoms with Gasteiger partial charge in [-0.3, -0.25) is 9.59 Å². The predicted molar refractivity (Wildman–Crippen MR) is 74.0 cm³/mol. The van der Waals surface area contributed by atoms with Crippen molar-refractivity contribution in [1.29, 1.82) is 0 Å². The molecule has 0 spiro atoms. The number of fused-ring (bicyclic) bond motifs is 1. The number of hydrogen-bond donors (Lipinski definition) is 1. The van der Waals surface area contributed by atoms with Crippen molar-refractivity contribution in [3.63, 3.8) is 0 Å². The zero-order valence-corrected chi connectivity index (χ0v) is 11.3. The molecular formula is C16H16O3. The fourth-order valence-corrected chi connectivity index (χ4v) is 2.23. The maximum atomic E-state index is 12.2. The molecule has 98 valence electrons. The van der Waals surface area contributed by atoms with Crippen LogP contribution in [0.1, 0.15) is 35.3 Å². The summed E-state index contributed by atoms with van der Waals surface area (Å²) < 4.78 is 0. The second kappa shape index (κ2) is 4.19. The van der Waals surface area contributed by atoms with Gasteiger partial charge in [0.2, 0.25) is 11.6 Å². The van der Waals surface area contributed by atoms with Crippen LogP contribution >= 0.6 is 0 Å². The lowest BCUT2D eigenvalue weighted by Crippen LogP contribution is -2.31. The number of hydrogen-bond acceptors (Lipinski definition) is 3. The van der Waals surface area contributed by atoms with Crippen LogP contribution in [0.4, 0.5) is 0 Å². The third-order valence-corrected chi connectivity index (χ3v) is 3.50. The molecule has 2 rings (SSSR count). The molecule has 0 saturated carbocycles. The molecule has 1 aromatic rings. The van der Waals surface area contributed by atoms with Gasteiger partial charge >= 0.3 is 0 Å². The van der Waals surface area contributed by atoms with Crippen molar-refractivity contribution in [1.82, 2.24) is 0 Å². The van der Waals surface area contributed by atoms with Crippen LogP contribution < -0.4 is 0 Å². The molecule has 1 aliphatic rings. The number of carbonyl (C=O) groups excluding carboxylic acids is 2. The van der Waals surface area contributed by atoms with E-state index < -0.39 is 17.0 Å². The molecule has 0 radical (unpaired) electrons. The van der Waals surface area contributed by atoms with Gasteiger partial charge in [-0.25, -0.2) is 0 Å². The zero-order chi connectivity index (χ0) is 14.4. The van der Waals surface area contributed by atoms with Crippen LogP contribution in [0.25, 0.3) is 5.76 Å². The van der Waals surface area contributed by atoms with Crippen LogP contribution in [0.2, 0.25) is 0 Å². The number of benzene rings is 1. The molecule has 0 aromatic heterocycles. The van der Waals surface area contributed by atoms with E-state index in [1.54, 1.807) is 38.1 Å². The van der Waals surface area contributed by atoms with Gasteiger partial charge in [0.25, 0.3) is 0 Å². The van der Waals surface area contributed by atoms with Crippen LogP contribution in [0, 0.1) is 12.3 Å². The Morgan fingerprint density at radius 3 is 2.37 bits per heavy atom. The fraction of sp³-hybridized carbons (Fsp3) is 0.250. The number of rotatable bonds is 2. The van der Waals surface area contributed by atoms with E-state index in [1.165, 1.54) is 0 Å². The van der Waals surface area contributed by atoms with Crippen molar-refractivity contribution in [2.24, 2.45) is 5.41 Å². The minimum atomic E-state index is -0.751. The predicted octanol–water partition coefficient (Wildman–Crippen LogP) is 3.24. The van der Waals surface area contributed by atoms with E-state index >= 15 is 0 Å². The molecule has 0 bridgehead atoms. The third kappa shape index (κ3) is 1.91. The molecule has 3 nitrogen and oxygen atoms in total. The minimum absolute atomic E-state index is 0.115. The van der Waals surface area contributed by atoms with Crippen molar-refractivity contribution in [2.45, 2.75) is 20.8 Å². The van der Waals surface area contributed by atoms with E-state index in [-0.39, 0.29) is 16.9 Å². The molecule has 0 aliphatic heterocycles. The molecule has 0 heterocycles. The number of carbonyl (C=O) groups is 2. The van der Waals surface area contributed by atoms with Gasteiger partial charge in [-0.15, -0.1) is 6.58 Å². The molecule has 19 heavy (non-hydrogen) atoms. The molecular weight excluding hydrogens is 240 g/mol. The van der Waals surface area contributed by atoms with Crippen molar-refractivity contribution in [3.8, 4) is 0 Å². The van der Waals surface area contributed by atoms with Crippen molar-refractivity contribution < 1.29 is 14.7 Å². The number of aliphatic hydroxyl groups is 1. The van der Waals surface area contributed by atoms with Gasteiger partial charge in [0.15, 0.2) is 0 Å². The lowest BCUT2D eigenvalue weighted by atomic mass is 9.75. The van der Waals surface area contributed by atoms with Crippen LogP contribution in [0.5, 0.6) is 0 Å². The van der Waals surface area contributed by atoms with Gasteiger partial charge in [-0.2, -0.15) is 0 Å². The summed E-state index contributed by atoms with van der Waals surface area (Å²) in [6, 6.07) is 5.10. The monoisotopic (exact) mass is 256 g/mol. The van der Waals surface area contributed by atoms with Crippen LogP contribution in [-0.4, -0.2) is 16.7 Å². The second-order valence-electron chi connectivity index (χ2n) is 5.36. The average Bonchev–Trinajstić information content (AvgIpc) is 2.36. The average molecular weight is 256 g/mol. The van der Waals surface area contributed by atoms with Gasteiger partial charge in [-0.1, -0.05) is 37.6 Å². The Kier molecular flexibility index (Phi) is 2.93.